The van der Waals surface area contributed by atoms with Crippen LogP contribution in [0.4, 0.5) is 0 Å². The van der Waals surface area contributed by atoms with Crippen molar-refractivity contribution in [1.82, 2.24) is 10.2 Å². The average molecular weight is 385 g/mol. The lowest BCUT2D eigenvalue weighted by atomic mass is 9.79. The summed E-state index contributed by atoms with van der Waals surface area (Å²) < 4.78 is 6.12. The third-order valence-electron chi connectivity index (χ3n) is 5.33. The maximum Gasteiger partial charge on any atom is 0.248 e. The lowest BCUT2D eigenvalue weighted by molar-refractivity contribution is 0.564. The standard InChI is InChI=1S/C26H28N2O/c1-25(2,3)21-14-20(15-22(16-21)26(4,5)6)24-28-27-23(29-24)19-12-11-17-9-7-8-10-18(17)13-19/h7-16H,1-6H3. The molecule has 0 bridgehead atoms. The first-order valence-electron chi connectivity index (χ1n) is 10.1. The van der Waals surface area contributed by atoms with Gasteiger partial charge in [0.15, 0.2) is 0 Å². The minimum atomic E-state index is 0.0389. The Bertz CT molecular complexity index is 1140. The molecule has 1 heterocycles. The molecule has 0 aliphatic rings. The van der Waals surface area contributed by atoms with Gasteiger partial charge < -0.3 is 4.42 Å². The molecule has 3 aromatic carbocycles. The van der Waals surface area contributed by atoms with Crippen molar-refractivity contribution >= 4 is 10.8 Å². The molecule has 0 aliphatic heterocycles. The lowest BCUT2D eigenvalue weighted by Gasteiger charge is -2.25. The molecule has 0 atom stereocenters. The van der Waals surface area contributed by atoms with Gasteiger partial charge in [0.1, 0.15) is 0 Å². The van der Waals surface area contributed by atoms with E-state index >= 15 is 0 Å². The highest BCUT2D eigenvalue weighted by molar-refractivity contribution is 5.86. The predicted molar refractivity (Wildman–Crippen MR) is 120 cm³/mol. The van der Waals surface area contributed by atoms with Crippen LogP contribution in [-0.4, -0.2) is 10.2 Å². The predicted octanol–water partition coefficient (Wildman–Crippen LogP) is 7.15. The number of rotatable bonds is 2. The second-order valence-corrected chi connectivity index (χ2v) is 9.77. The third kappa shape index (κ3) is 3.95. The summed E-state index contributed by atoms with van der Waals surface area (Å²) in [5.41, 5.74) is 4.53. The van der Waals surface area contributed by atoms with Crippen LogP contribution in [0.15, 0.2) is 65.1 Å². The largest absolute Gasteiger partial charge is 0.416 e. The Morgan fingerprint density at radius 1 is 0.586 bits per heavy atom. The zero-order valence-corrected chi connectivity index (χ0v) is 18.1. The minimum Gasteiger partial charge on any atom is -0.416 e. The second-order valence-electron chi connectivity index (χ2n) is 9.77. The quantitative estimate of drug-likeness (QED) is 0.368. The highest BCUT2D eigenvalue weighted by Gasteiger charge is 2.22. The van der Waals surface area contributed by atoms with Gasteiger partial charge in [-0.3, -0.25) is 0 Å². The maximum atomic E-state index is 6.12. The van der Waals surface area contributed by atoms with Crippen LogP contribution in [0.3, 0.4) is 0 Å². The van der Waals surface area contributed by atoms with Crippen molar-refractivity contribution in [2.75, 3.05) is 0 Å². The molecular formula is C26H28N2O. The van der Waals surface area contributed by atoms with Crippen molar-refractivity contribution in [3.05, 3.63) is 71.8 Å². The first-order valence-corrected chi connectivity index (χ1v) is 10.1. The summed E-state index contributed by atoms with van der Waals surface area (Å²) in [5.74, 6) is 1.11. The topological polar surface area (TPSA) is 38.9 Å². The molecule has 0 amide bonds. The number of aromatic nitrogens is 2. The molecule has 0 unspecified atom stereocenters. The number of hydrogen-bond acceptors (Lipinski definition) is 3. The molecule has 0 spiro atoms. The molecule has 148 valence electrons. The molecule has 0 aliphatic carbocycles. The van der Waals surface area contributed by atoms with E-state index in [0.717, 1.165) is 16.5 Å². The van der Waals surface area contributed by atoms with Crippen LogP contribution >= 0.6 is 0 Å². The monoisotopic (exact) mass is 384 g/mol. The minimum absolute atomic E-state index is 0.0389. The summed E-state index contributed by atoms with van der Waals surface area (Å²) in [5, 5.41) is 11.1. The molecule has 4 rings (SSSR count). The number of fused-ring (bicyclic) bond motifs is 1. The Morgan fingerprint density at radius 2 is 1.14 bits per heavy atom. The van der Waals surface area contributed by atoms with Crippen molar-refractivity contribution in [2.45, 2.75) is 52.4 Å². The van der Waals surface area contributed by atoms with Gasteiger partial charge in [0.05, 0.1) is 0 Å². The fourth-order valence-corrected chi connectivity index (χ4v) is 3.40. The zero-order chi connectivity index (χ0) is 20.8. The first kappa shape index (κ1) is 19.4. The van der Waals surface area contributed by atoms with Crippen molar-refractivity contribution in [3.63, 3.8) is 0 Å². The fourth-order valence-electron chi connectivity index (χ4n) is 3.40. The van der Waals surface area contributed by atoms with Crippen LogP contribution < -0.4 is 0 Å². The fraction of sp³-hybridized carbons (Fsp3) is 0.308. The van der Waals surface area contributed by atoms with Crippen LogP contribution in [0.2, 0.25) is 0 Å². The van der Waals surface area contributed by atoms with Crippen molar-refractivity contribution < 1.29 is 4.42 Å². The molecule has 1 aromatic heterocycles. The van der Waals surface area contributed by atoms with Crippen LogP contribution in [0.5, 0.6) is 0 Å². The molecule has 0 fully saturated rings. The molecule has 0 saturated carbocycles. The summed E-state index contributed by atoms with van der Waals surface area (Å²) in [6.07, 6.45) is 0. The SMILES string of the molecule is CC(C)(C)c1cc(-c2nnc(-c3ccc4ccccc4c3)o2)cc(C(C)(C)C)c1. The summed E-state index contributed by atoms with van der Waals surface area (Å²) in [6, 6.07) is 21.1. The van der Waals surface area contributed by atoms with Gasteiger partial charge in [-0.1, -0.05) is 77.9 Å². The Balaban J connectivity index is 1.79. The summed E-state index contributed by atoms with van der Waals surface area (Å²) in [6.45, 7) is 13.4. The highest BCUT2D eigenvalue weighted by Crippen LogP contribution is 2.34. The smallest absolute Gasteiger partial charge is 0.248 e. The first-order chi connectivity index (χ1) is 13.6. The van der Waals surface area contributed by atoms with Gasteiger partial charge in [0.2, 0.25) is 11.8 Å². The lowest BCUT2D eigenvalue weighted by Crippen LogP contribution is -2.16. The molecule has 4 aromatic rings. The summed E-state index contributed by atoms with van der Waals surface area (Å²) >= 11 is 0. The van der Waals surface area contributed by atoms with Crippen LogP contribution in [0.1, 0.15) is 52.7 Å². The van der Waals surface area contributed by atoms with E-state index in [1.54, 1.807) is 0 Å². The van der Waals surface area contributed by atoms with Crippen molar-refractivity contribution in [2.24, 2.45) is 0 Å². The highest BCUT2D eigenvalue weighted by atomic mass is 16.4. The Hall–Kier alpha value is -2.94. The Kier molecular flexibility index (Phi) is 4.57. The van der Waals surface area contributed by atoms with Gasteiger partial charge in [-0.15, -0.1) is 10.2 Å². The summed E-state index contributed by atoms with van der Waals surface area (Å²) in [7, 11) is 0. The normalized spacial score (nSPS) is 12.5. The van der Waals surface area contributed by atoms with Crippen LogP contribution in [0, 0.1) is 0 Å². The van der Waals surface area contributed by atoms with Gasteiger partial charge in [0, 0.05) is 11.1 Å². The molecule has 0 radical (unpaired) electrons. The van der Waals surface area contributed by atoms with Gasteiger partial charge in [-0.2, -0.15) is 0 Å². The summed E-state index contributed by atoms with van der Waals surface area (Å²) in [4.78, 5) is 0. The number of hydrogen-bond donors (Lipinski definition) is 0. The van der Waals surface area contributed by atoms with Gasteiger partial charge >= 0.3 is 0 Å². The average Bonchev–Trinajstić information content (AvgIpc) is 3.16. The maximum absolute atomic E-state index is 6.12. The van der Waals surface area contributed by atoms with Gasteiger partial charge in [0.25, 0.3) is 0 Å². The van der Waals surface area contributed by atoms with E-state index in [1.807, 2.05) is 18.2 Å². The van der Waals surface area contributed by atoms with E-state index < -0.39 is 0 Å². The number of benzene rings is 3. The molecule has 3 nitrogen and oxygen atoms in total. The van der Waals surface area contributed by atoms with Crippen molar-refractivity contribution in [3.8, 4) is 22.9 Å². The zero-order valence-electron chi connectivity index (χ0n) is 18.1. The van der Waals surface area contributed by atoms with Crippen molar-refractivity contribution in [1.29, 1.82) is 0 Å². The van der Waals surface area contributed by atoms with Crippen LogP contribution in [0.25, 0.3) is 33.7 Å². The molecule has 0 saturated heterocycles. The van der Waals surface area contributed by atoms with E-state index in [9.17, 15) is 0 Å². The van der Waals surface area contributed by atoms with E-state index in [2.05, 4.69) is 94.2 Å². The second kappa shape index (κ2) is 6.84. The van der Waals surface area contributed by atoms with Gasteiger partial charge in [-0.25, -0.2) is 0 Å². The van der Waals surface area contributed by atoms with Crippen LogP contribution in [-0.2, 0) is 10.8 Å². The molecule has 0 N–H and O–H groups in total. The van der Waals surface area contributed by atoms with Gasteiger partial charge in [-0.05, 0) is 57.0 Å². The molecule has 3 heteroatoms. The van der Waals surface area contributed by atoms with E-state index in [0.29, 0.717) is 11.8 Å². The molecular weight excluding hydrogens is 356 g/mol. The third-order valence-corrected chi connectivity index (χ3v) is 5.33. The van der Waals surface area contributed by atoms with E-state index in [1.165, 1.54) is 16.5 Å². The molecule has 29 heavy (non-hydrogen) atoms. The van der Waals surface area contributed by atoms with E-state index in [4.69, 9.17) is 4.42 Å². The Morgan fingerprint density at radius 3 is 1.72 bits per heavy atom. The van der Waals surface area contributed by atoms with E-state index in [-0.39, 0.29) is 10.8 Å². The number of nitrogens with zero attached hydrogens (tertiary/aromatic N) is 2. The Labute approximate surface area is 172 Å².